The van der Waals surface area contributed by atoms with Crippen molar-refractivity contribution in [2.75, 3.05) is 67.6 Å². The van der Waals surface area contributed by atoms with Gasteiger partial charge in [0.1, 0.15) is 5.75 Å². The van der Waals surface area contributed by atoms with Crippen molar-refractivity contribution in [3.63, 3.8) is 0 Å². The number of morpholine rings is 1. The molecule has 2 aromatic carbocycles. The highest BCUT2D eigenvalue weighted by atomic mass is 16.5. The molecule has 2 fully saturated rings. The molecule has 2 aliphatic heterocycles. The summed E-state index contributed by atoms with van der Waals surface area (Å²) in [7, 11) is 0. The maximum Gasteiger partial charge on any atom is 0.241 e. The maximum atomic E-state index is 12.8. The molecule has 0 bridgehead atoms. The van der Waals surface area contributed by atoms with Gasteiger partial charge in [-0.15, -0.1) is 0 Å². The smallest absolute Gasteiger partial charge is 0.241 e. The van der Waals surface area contributed by atoms with Crippen LogP contribution in [0, 0.1) is 0 Å². The van der Waals surface area contributed by atoms with E-state index in [0.717, 1.165) is 69.5 Å². The molecule has 0 radical (unpaired) electrons. The lowest BCUT2D eigenvalue weighted by atomic mass is 10.1. The molecule has 7 nitrogen and oxygen atoms in total. The Morgan fingerprint density at radius 1 is 0.933 bits per heavy atom. The number of phenolic OH excluding ortho intramolecular Hbond substituents is 1. The van der Waals surface area contributed by atoms with E-state index in [2.05, 4.69) is 32.1 Å². The zero-order valence-electron chi connectivity index (χ0n) is 17.5. The number of piperazine rings is 1. The van der Waals surface area contributed by atoms with Crippen LogP contribution in [-0.4, -0.2) is 74.4 Å². The maximum absolute atomic E-state index is 12.8. The summed E-state index contributed by atoms with van der Waals surface area (Å²) in [6.45, 7) is 8.38. The largest absolute Gasteiger partial charge is 0.506 e. The molecule has 2 heterocycles. The predicted molar refractivity (Wildman–Crippen MR) is 119 cm³/mol. The molecule has 0 spiro atoms. The summed E-state index contributed by atoms with van der Waals surface area (Å²) in [5.74, 6) is 0.308. The predicted octanol–water partition coefficient (Wildman–Crippen LogP) is 2.38. The molecule has 0 aliphatic carbocycles. The highest BCUT2D eigenvalue weighted by molar-refractivity contribution is 5.94. The lowest BCUT2D eigenvalue weighted by molar-refractivity contribution is -0.120. The summed E-state index contributed by atoms with van der Waals surface area (Å²) in [5, 5.41) is 13.1. The Hall–Kier alpha value is -2.77. The summed E-state index contributed by atoms with van der Waals surface area (Å²) >= 11 is 0. The molecule has 1 unspecified atom stereocenters. The monoisotopic (exact) mass is 410 g/mol. The SMILES string of the molecule is CC(C(=O)Nc1ccc(N2CCOCC2)cc1)N1CCN(c2ccccc2O)CC1. The second kappa shape index (κ2) is 9.36. The second-order valence-electron chi connectivity index (χ2n) is 7.82. The van der Waals surface area contributed by atoms with Gasteiger partial charge in [-0.05, 0) is 43.3 Å². The molecule has 7 heteroatoms. The molecule has 0 saturated carbocycles. The highest BCUT2D eigenvalue weighted by Gasteiger charge is 2.26. The average molecular weight is 411 g/mol. The van der Waals surface area contributed by atoms with Crippen LogP contribution >= 0.6 is 0 Å². The van der Waals surface area contributed by atoms with Gasteiger partial charge in [0.25, 0.3) is 0 Å². The Labute approximate surface area is 177 Å². The summed E-state index contributed by atoms with van der Waals surface area (Å²) in [4.78, 5) is 19.4. The first-order valence-corrected chi connectivity index (χ1v) is 10.6. The van der Waals surface area contributed by atoms with E-state index in [9.17, 15) is 9.90 Å². The topological polar surface area (TPSA) is 68.3 Å². The highest BCUT2D eigenvalue weighted by Crippen LogP contribution is 2.27. The summed E-state index contributed by atoms with van der Waals surface area (Å²) in [6.07, 6.45) is 0. The molecule has 2 N–H and O–H groups in total. The number of phenols is 1. The molecule has 160 valence electrons. The minimum absolute atomic E-state index is 0.00475. The van der Waals surface area contributed by atoms with E-state index in [1.165, 1.54) is 0 Å². The number of hydrogen-bond acceptors (Lipinski definition) is 6. The molecule has 2 aliphatic rings. The number of para-hydroxylation sites is 2. The van der Waals surface area contributed by atoms with Gasteiger partial charge in [0.2, 0.25) is 5.91 Å². The van der Waals surface area contributed by atoms with Crippen LogP contribution in [0.2, 0.25) is 0 Å². The number of rotatable bonds is 5. The van der Waals surface area contributed by atoms with Gasteiger partial charge in [-0.1, -0.05) is 12.1 Å². The van der Waals surface area contributed by atoms with Crippen molar-refractivity contribution in [3.8, 4) is 5.75 Å². The van der Waals surface area contributed by atoms with Crippen molar-refractivity contribution < 1.29 is 14.6 Å². The van der Waals surface area contributed by atoms with Crippen molar-refractivity contribution >= 4 is 23.0 Å². The summed E-state index contributed by atoms with van der Waals surface area (Å²) in [6, 6.07) is 15.2. The zero-order chi connectivity index (χ0) is 20.9. The standard InChI is InChI=1S/C23H30N4O3/c1-18(25-10-12-27(13-11-25)21-4-2-3-5-22(21)28)23(29)24-19-6-8-20(9-7-19)26-14-16-30-17-15-26/h2-9,18,28H,10-17H2,1H3,(H,24,29). The Bertz CT molecular complexity index is 844. The van der Waals surface area contributed by atoms with E-state index in [1.807, 2.05) is 37.3 Å². The van der Waals surface area contributed by atoms with E-state index in [4.69, 9.17) is 4.74 Å². The first-order valence-electron chi connectivity index (χ1n) is 10.6. The minimum atomic E-state index is -0.213. The first kappa shape index (κ1) is 20.5. The van der Waals surface area contributed by atoms with Crippen molar-refractivity contribution in [3.05, 3.63) is 48.5 Å². The number of carbonyl (C=O) groups is 1. The number of hydrogen-bond donors (Lipinski definition) is 2. The number of amides is 1. The van der Waals surface area contributed by atoms with Crippen LogP contribution in [0.3, 0.4) is 0 Å². The van der Waals surface area contributed by atoms with E-state index in [-0.39, 0.29) is 11.9 Å². The third kappa shape index (κ3) is 4.68. The van der Waals surface area contributed by atoms with Crippen molar-refractivity contribution in [1.29, 1.82) is 0 Å². The fourth-order valence-corrected chi connectivity index (χ4v) is 4.07. The average Bonchev–Trinajstić information content (AvgIpc) is 2.80. The number of nitrogens with zero attached hydrogens (tertiary/aromatic N) is 3. The van der Waals surface area contributed by atoms with Crippen LogP contribution in [-0.2, 0) is 9.53 Å². The molecular weight excluding hydrogens is 380 g/mol. The number of aromatic hydroxyl groups is 1. The lowest BCUT2D eigenvalue weighted by Gasteiger charge is -2.38. The molecule has 1 amide bonds. The van der Waals surface area contributed by atoms with Crippen LogP contribution in [0.25, 0.3) is 0 Å². The third-order valence-electron chi connectivity index (χ3n) is 5.97. The Morgan fingerprint density at radius 2 is 1.60 bits per heavy atom. The van der Waals surface area contributed by atoms with E-state index < -0.39 is 0 Å². The van der Waals surface area contributed by atoms with Gasteiger partial charge in [-0.25, -0.2) is 0 Å². The van der Waals surface area contributed by atoms with Crippen LogP contribution in [0.4, 0.5) is 17.1 Å². The van der Waals surface area contributed by atoms with Gasteiger partial charge in [0, 0.05) is 50.6 Å². The Kier molecular flexibility index (Phi) is 6.40. The number of benzene rings is 2. The lowest BCUT2D eigenvalue weighted by Crippen LogP contribution is -2.52. The molecule has 30 heavy (non-hydrogen) atoms. The Balaban J connectivity index is 1.29. The van der Waals surface area contributed by atoms with Crippen LogP contribution in [0.1, 0.15) is 6.92 Å². The number of carbonyl (C=O) groups excluding carboxylic acids is 1. The van der Waals surface area contributed by atoms with Crippen LogP contribution in [0.15, 0.2) is 48.5 Å². The van der Waals surface area contributed by atoms with Crippen LogP contribution in [0.5, 0.6) is 5.75 Å². The fraction of sp³-hybridized carbons (Fsp3) is 0.435. The zero-order valence-corrected chi connectivity index (χ0v) is 17.5. The molecule has 2 aromatic rings. The molecule has 0 aromatic heterocycles. The first-order chi connectivity index (χ1) is 14.6. The molecule has 4 rings (SSSR count). The van der Waals surface area contributed by atoms with Crippen molar-refractivity contribution in [1.82, 2.24) is 4.90 Å². The quantitative estimate of drug-likeness (QED) is 0.789. The normalized spacial score (nSPS) is 18.8. The van der Waals surface area contributed by atoms with E-state index >= 15 is 0 Å². The summed E-state index contributed by atoms with van der Waals surface area (Å²) in [5.41, 5.74) is 2.83. The Morgan fingerprint density at radius 3 is 2.27 bits per heavy atom. The van der Waals surface area contributed by atoms with Gasteiger partial charge in [0.05, 0.1) is 24.9 Å². The minimum Gasteiger partial charge on any atom is -0.506 e. The van der Waals surface area contributed by atoms with Crippen LogP contribution < -0.4 is 15.1 Å². The van der Waals surface area contributed by atoms with E-state index in [1.54, 1.807) is 6.07 Å². The van der Waals surface area contributed by atoms with Gasteiger partial charge in [-0.3, -0.25) is 9.69 Å². The number of nitrogens with one attached hydrogen (secondary N) is 1. The van der Waals surface area contributed by atoms with E-state index in [0.29, 0.717) is 5.75 Å². The number of anilines is 3. The summed E-state index contributed by atoms with van der Waals surface area (Å²) < 4.78 is 5.40. The second-order valence-corrected chi connectivity index (χ2v) is 7.82. The molecular formula is C23H30N4O3. The van der Waals surface area contributed by atoms with Gasteiger partial charge in [0.15, 0.2) is 0 Å². The molecule has 2 saturated heterocycles. The van der Waals surface area contributed by atoms with Gasteiger partial charge < -0.3 is 25.0 Å². The third-order valence-corrected chi connectivity index (χ3v) is 5.97. The van der Waals surface area contributed by atoms with Gasteiger partial charge >= 0.3 is 0 Å². The number of ether oxygens (including phenoxy) is 1. The van der Waals surface area contributed by atoms with Gasteiger partial charge in [-0.2, -0.15) is 0 Å². The molecule has 1 atom stereocenters. The van der Waals surface area contributed by atoms with Crippen molar-refractivity contribution in [2.45, 2.75) is 13.0 Å². The fourth-order valence-electron chi connectivity index (χ4n) is 4.07. The van der Waals surface area contributed by atoms with Crippen molar-refractivity contribution in [2.24, 2.45) is 0 Å².